The zero-order chi connectivity index (χ0) is 7.49. The van der Waals surface area contributed by atoms with Crippen molar-refractivity contribution < 1.29 is 23.4 Å². The Bertz CT molecular complexity index is 213. The second-order valence-corrected chi connectivity index (χ2v) is 2.32. The van der Waals surface area contributed by atoms with Crippen LogP contribution in [0.25, 0.3) is 0 Å². The summed E-state index contributed by atoms with van der Waals surface area (Å²) < 4.78 is 21.0. The molecular formula is CHNO6S. The van der Waals surface area contributed by atoms with Crippen LogP contribution in [-0.4, -0.2) is 19.0 Å². The maximum absolute atomic E-state index is 9.82. The van der Waals surface area contributed by atoms with Gasteiger partial charge in [0.1, 0.15) is 0 Å². The third-order valence-electron chi connectivity index (χ3n) is 0.383. The van der Waals surface area contributed by atoms with Crippen LogP contribution >= 0.6 is 0 Å². The van der Waals surface area contributed by atoms with Gasteiger partial charge in [0.2, 0.25) is 0 Å². The molecule has 0 radical (unpaired) electrons. The zero-order valence-electron chi connectivity index (χ0n) is 3.84. The number of nitrogens with zero attached hydrogens (tertiary/aromatic N) is 1. The standard InChI is InChI=1S/CHNO6S/c3-1(8-5)9(6,7)2-4/h5H. The first-order valence-corrected chi connectivity index (χ1v) is 2.93. The Morgan fingerprint density at radius 2 is 2.00 bits per heavy atom. The lowest BCUT2D eigenvalue weighted by molar-refractivity contribution is -0.167. The molecule has 0 aromatic carbocycles. The molecule has 0 saturated heterocycles. The van der Waals surface area contributed by atoms with E-state index in [1.807, 2.05) is 0 Å². The van der Waals surface area contributed by atoms with E-state index >= 15 is 0 Å². The third kappa shape index (κ3) is 1.74. The van der Waals surface area contributed by atoms with Crippen LogP contribution in [0.1, 0.15) is 0 Å². The van der Waals surface area contributed by atoms with Crippen LogP contribution in [0, 0.1) is 4.91 Å². The number of carbonyl (C=O) groups is 1. The quantitative estimate of drug-likeness (QED) is 0.316. The summed E-state index contributed by atoms with van der Waals surface area (Å²) in [7, 11) is -4.79. The first-order chi connectivity index (χ1) is 4.04. The van der Waals surface area contributed by atoms with Crippen LogP contribution in [0.3, 0.4) is 0 Å². The van der Waals surface area contributed by atoms with E-state index in [1.165, 1.54) is 4.58 Å². The SMILES string of the molecule is O=NS(=O)(=O)C(=O)OO. The van der Waals surface area contributed by atoms with Gasteiger partial charge in [0.25, 0.3) is 0 Å². The molecule has 0 fully saturated rings. The van der Waals surface area contributed by atoms with Crippen molar-refractivity contribution in [1.29, 1.82) is 0 Å². The molecule has 52 valence electrons. The van der Waals surface area contributed by atoms with Gasteiger partial charge in [0.05, 0.1) is 4.58 Å². The average Bonchev–Trinajstić information content (AvgIpc) is 1.86. The van der Waals surface area contributed by atoms with Crippen molar-refractivity contribution in [2.75, 3.05) is 0 Å². The van der Waals surface area contributed by atoms with Crippen LogP contribution < -0.4 is 0 Å². The highest BCUT2D eigenvalue weighted by Crippen LogP contribution is 1.94. The van der Waals surface area contributed by atoms with Gasteiger partial charge in [-0.15, -0.1) is 4.91 Å². The van der Waals surface area contributed by atoms with Gasteiger partial charge in [-0.1, -0.05) is 0 Å². The molecule has 1 N–H and O–H groups in total. The van der Waals surface area contributed by atoms with E-state index in [0.29, 0.717) is 0 Å². The van der Waals surface area contributed by atoms with Crippen LogP contribution in [0.4, 0.5) is 4.79 Å². The highest BCUT2D eigenvalue weighted by atomic mass is 32.2. The highest BCUT2D eigenvalue weighted by Gasteiger charge is 2.24. The molecular weight excluding hydrogens is 154 g/mol. The summed E-state index contributed by atoms with van der Waals surface area (Å²) in [6.45, 7) is 0. The summed E-state index contributed by atoms with van der Waals surface area (Å²) >= 11 is 0. The summed E-state index contributed by atoms with van der Waals surface area (Å²) in [5.74, 6) is 0. The molecule has 0 aliphatic carbocycles. The molecule has 0 saturated carbocycles. The van der Waals surface area contributed by atoms with Crippen LogP contribution in [0.15, 0.2) is 4.58 Å². The number of hydrogen-bond donors (Lipinski definition) is 1. The molecule has 0 aliphatic rings. The molecule has 0 bridgehead atoms. The van der Waals surface area contributed by atoms with Gasteiger partial charge in [-0.05, 0) is 0 Å². The van der Waals surface area contributed by atoms with Crippen molar-refractivity contribution in [3.63, 3.8) is 0 Å². The molecule has 0 atom stereocenters. The Hall–Kier alpha value is -1.02. The molecule has 9 heavy (non-hydrogen) atoms. The highest BCUT2D eigenvalue weighted by molar-refractivity contribution is 8.04. The molecule has 0 unspecified atom stereocenters. The first kappa shape index (κ1) is 7.98. The van der Waals surface area contributed by atoms with Crippen molar-refractivity contribution in [2.24, 2.45) is 4.58 Å². The number of hydrogen-bond acceptors (Lipinski definition) is 6. The summed E-state index contributed by atoms with van der Waals surface area (Å²) in [5.41, 5.74) is 0. The smallest absolute Gasteiger partial charge is 0.282 e. The molecule has 8 heteroatoms. The third-order valence-corrected chi connectivity index (χ3v) is 1.08. The van der Waals surface area contributed by atoms with Gasteiger partial charge in [0.15, 0.2) is 0 Å². The maximum atomic E-state index is 9.82. The van der Waals surface area contributed by atoms with Crippen molar-refractivity contribution in [3.05, 3.63) is 4.91 Å². The molecule has 0 aliphatic heterocycles. The minimum atomic E-state index is -4.79. The van der Waals surface area contributed by atoms with Crippen molar-refractivity contribution in [1.82, 2.24) is 0 Å². The fourth-order valence-electron chi connectivity index (χ4n) is 0.0775. The van der Waals surface area contributed by atoms with Crippen molar-refractivity contribution >= 4 is 15.3 Å². The van der Waals surface area contributed by atoms with Crippen LogP contribution in [-0.2, 0) is 14.9 Å². The second kappa shape index (κ2) is 2.51. The van der Waals surface area contributed by atoms with Gasteiger partial charge >= 0.3 is 15.3 Å². The van der Waals surface area contributed by atoms with Crippen molar-refractivity contribution in [3.8, 4) is 0 Å². The number of sulfonamides is 1. The maximum Gasteiger partial charge on any atom is 0.480 e. The van der Waals surface area contributed by atoms with Crippen LogP contribution in [0.5, 0.6) is 0 Å². The molecule has 0 aromatic heterocycles. The Morgan fingerprint density at radius 1 is 1.56 bits per heavy atom. The second-order valence-electron chi connectivity index (χ2n) is 0.891. The Balaban J connectivity index is 4.56. The average molecular weight is 155 g/mol. The number of nitroso groups, excluding NO2 is 1. The molecule has 0 spiro atoms. The molecule has 0 rings (SSSR count). The lowest BCUT2D eigenvalue weighted by Crippen LogP contribution is -2.10. The molecule has 0 aromatic rings. The largest absolute Gasteiger partial charge is 0.480 e. The van der Waals surface area contributed by atoms with E-state index in [2.05, 4.69) is 4.89 Å². The zero-order valence-corrected chi connectivity index (χ0v) is 4.66. The predicted molar refractivity (Wildman–Crippen MR) is 23.8 cm³/mol. The predicted octanol–water partition coefficient (Wildman–Crippen LogP) is -0.308. The van der Waals surface area contributed by atoms with Gasteiger partial charge in [-0.25, -0.2) is 4.79 Å². The van der Waals surface area contributed by atoms with Gasteiger partial charge in [-0.2, -0.15) is 13.7 Å². The summed E-state index contributed by atoms with van der Waals surface area (Å²) in [6, 6.07) is 0. The fraction of sp³-hybridized carbons (Fsp3) is 0. The first-order valence-electron chi connectivity index (χ1n) is 1.49. The molecule has 0 amide bonds. The van der Waals surface area contributed by atoms with Gasteiger partial charge in [-0.3, -0.25) is 4.89 Å². The lowest BCUT2D eigenvalue weighted by atomic mass is 11.6. The topological polar surface area (TPSA) is 110 Å². The monoisotopic (exact) mass is 155 g/mol. The summed E-state index contributed by atoms with van der Waals surface area (Å²) in [6.07, 6.45) is 0. The van der Waals surface area contributed by atoms with Crippen LogP contribution in [0.2, 0.25) is 0 Å². The minimum Gasteiger partial charge on any atom is -0.282 e. The number of carbonyl (C=O) groups excluding carboxylic acids is 1. The van der Waals surface area contributed by atoms with E-state index in [-0.39, 0.29) is 0 Å². The van der Waals surface area contributed by atoms with E-state index < -0.39 is 15.3 Å². The van der Waals surface area contributed by atoms with Crippen molar-refractivity contribution in [2.45, 2.75) is 0 Å². The molecule has 0 heterocycles. The molecule has 7 nitrogen and oxygen atoms in total. The summed E-state index contributed by atoms with van der Waals surface area (Å²) in [5, 5.41) is 5.29. The lowest BCUT2D eigenvalue weighted by Gasteiger charge is -1.85. The minimum absolute atomic E-state index is 1.38. The van der Waals surface area contributed by atoms with E-state index in [4.69, 9.17) is 5.26 Å². The van der Waals surface area contributed by atoms with Gasteiger partial charge in [0, 0.05) is 0 Å². The Labute approximate surface area is 49.2 Å². The van der Waals surface area contributed by atoms with E-state index in [0.717, 1.165) is 0 Å². The summed E-state index contributed by atoms with van der Waals surface area (Å²) in [4.78, 5) is 21.6. The number of rotatable bonds is 1. The Kier molecular flexibility index (Phi) is 2.22. The van der Waals surface area contributed by atoms with E-state index in [9.17, 15) is 18.1 Å². The van der Waals surface area contributed by atoms with E-state index in [1.54, 1.807) is 0 Å². The normalized spacial score (nSPS) is 10.3. The van der Waals surface area contributed by atoms with Gasteiger partial charge < -0.3 is 0 Å². The Morgan fingerprint density at radius 3 is 2.11 bits per heavy atom. The fourth-order valence-corrected chi connectivity index (χ4v) is 0.233.